The second-order valence-electron chi connectivity index (χ2n) is 5.93. The van der Waals surface area contributed by atoms with E-state index in [4.69, 9.17) is 4.55 Å². The lowest BCUT2D eigenvalue weighted by Crippen LogP contribution is -2.34. The fraction of sp³-hybridized carbons (Fsp3) is 0.111. The molecule has 0 bridgehead atoms. The van der Waals surface area contributed by atoms with Gasteiger partial charge in [-0.05, 0) is 35.3 Å². The summed E-state index contributed by atoms with van der Waals surface area (Å²) in [5.41, 5.74) is 1.79. The Morgan fingerprint density at radius 2 is 1.46 bits per heavy atom. The molecule has 0 spiro atoms. The van der Waals surface area contributed by atoms with Crippen LogP contribution in [0, 0.1) is 0 Å². The van der Waals surface area contributed by atoms with E-state index in [0.29, 0.717) is 16.7 Å². The highest BCUT2D eigenvalue weighted by atomic mass is 32.2. The summed E-state index contributed by atoms with van der Waals surface area (Å²) in [4.78, 5) is -0.224. The van der Waals surface area contributed by atoms with Crippen molar-refractivity contribution in [1.29, 1.82) is 0 Å². The number of hydrogen-bond acceptors (Lipinski definition) is 4. The molecule has 6 nitrogen and oxygen atoms in total. The zero-order valence-electron chi connectivity index (χ0n) is 13.5. The minimum atomic E-state index is -4.42. The van der Waals surface area contributed by atoms with Gasteiger partial charge in [-0.2, -0.15) is 16.8 Å². The molecule has 0 radical (unpaired) electrons. The van der Waals surface area contributed by atoms with Crippen LogP contribution in [0.3, 0.4) is 0 Å². The van der Waals surface area contributed by atoms with Gasteiger partial charge in [-0.25, -0.2) is 0 Å². The van der Waals surface area contributed by atoms with Crippen molar-refractivity contribution in [2.75, 3.05) is 0 Å². The van der Waals surface area contributed by atoms with Crippen LogP contribution in [0.25, 0.3) is 5.57 Å². The Morgan fingerprint density at radius 3 is 1.92 bits per heavy atom. The fourth-order valence-electron chi connectivity index (χ4n) is 2.93. The van der Waals surface area contributed by atoms with E-state index in [9.17, 15) is 21.4 Å². The van der Waals surface area contributed by atoms with Crippen molar-refractivity contribution in [1.82, 2.24) is 0 Å². The highest BCUT2D eigenvalue weighted by Gasteiger charge is 2.42. The van der Waals surface area contributed by atoms with Gasteiger partial charge < -0.3 is 0 Å². The van der Waals surface area contributed by atoms with Crippen molar-refractivity contribution >= 4 is 25.8 Å². The first-order valence-electron chi connectivity index (χ1n) is 7.63. The van der Waals surface area contributed by atoms with E-state index in [2.05, 4.69) is 0 Å². The van der Waals surface area contributed by atoms with Crippen molar-refractivity contribution in [3.8, 4) is 0 Å². The van der Waals surface area contributed by atoms with Gasteiger partial charge in [0.05, 0.1) is 4.90 Å². The number of hydrogen-bond donors (Lipinski definition) is 2. The quantitative estimate of drug-likeness (QED) is 0.774. The summed E-state index contributed by atoms with van der Waals surface area (Å²) in [6.07, 6.45) is 4.71. The standard InChI is InChI=1S/C18H16O6S2/c19-25(20,21)17-8-6-14(7-9-17)15-10-12-18(13-11-15,26(22,23)24)16-4-2-1-3-5-16/h1-12H,13H2,(H,19,20,21)(H,22,23,24). The van der Waals surface area contributed by atoms with Gasteiger partial charge in [0.1, 0.15) is 4.75 Å². The van der Waals surface area contributed by atoms with E-state index < -0.39 is 25.0 Å². The fourth-order valence-corrected chi connectivity index (χ4v) is 4.38. The monoisotopic (exact) mass is 392 g/mol. The molecule has 1 aliphatic rings. The molecule has 0 fully saturated rings. The number of allylic oxidation sites excluding steroid dienone is 3. The molecule has 0 aromatic heterocycles. The Kier molecular flexibility index (Phi) is 4.61. The topological polar surface area (TPSA) is 109 Å². The molecule has 0 saturated carbocycles. The van der Waals surface area contributed by atoms with Crippen LogP contribution in [-0.4, -0.2) is 25.9 Å². The van der Waals surface area contributed by atoms with E-state index >= 15 is 0 Å². The average Bonchev–Trinajstić information content (AvgIpc) is 2.61. The Bertz CT molecular complexity index is 1080. The third kappa shape index (κ3) is 3.36. The largest absolute Gasteiger partial charge is 0.294 e. The summed E-state index contributed by atoms with van der Waals surface area (Å²) in [5.74, 6) is 0. The van der Waals surface area contributed by atoms with E-state index in [1.807, 2.05) is 0 Å². The van der Waals surface area contributed by atoms with Gasteiger partial charge in [0.25, 0.3) is 20.2 Å². The minimum absolute atomic E-state index is 0.0295. The Balaban J connectivity index is 1.98. The van der Waals surface area contributed by atoms with Crippen molar-refractivity contribution < 1.29 is 25.9 Å². The van der Waals surface area contributed by atoms with Gasteiger partial charge in [-0.15, -0.1) is 0 Å². The molecule has 0 heterocycles. The van der Waals surface area contributed by atoms with Gasteiger partial charge in [0.2, 0.25) is 0 Å². The van der Waals surface area contributed by atoms with Crippen LogP contribution in [0.1, 0.15) is 17.5 Å². The normalized spacial score (nSPS) is 20.6. The van der Waals surface area contributed by atoms with Crippen molar-refractivity contribution in [3.05, 3.63) is 84.0 Å². The summed E-state index contributed by atoms with van der Waals surface area (Å²) in [5, 5.41) is 0. The lowest BCUT2D eigenvalue weighted by molar-refractivity contribution is 0.448. The first-order valence-corrected chi connectivity index (χ1v) is 10.5. The maximum Gasteiger partial charge on any atom is 0.294 e. The molecule has 2 aromatic carbocycles. The van der Waals surface area contributed by atoms with Crippen LogP contribution in [0.15, 0.2) is 77.7 Å². The van der Waals surface area contributed by atoms with Gasteiger partial charge >= 0.3 is 0 Å². The molecule has 1 unspecified atom stereocenters. The van der Waals surface area contributed by atoms with Crippen molar-refractivity contribution in [2.24, 2.45) is 0 Å². The first-order chi connectivity index (χ1) is 12.1. The van der Waals surface area contributed by atoms with Gasteiger partial charge in [-0.1, -0.05) is 60.7 Å². The van der Waals surface area contributed by atoms with E-state index in [-0.39, 0.29) is 11.3 Å². The molecule has 0 saturated heterocycles. The minimum Gasteiger partial charge on any atom is -0.285 e. The van der Waals surface area contributed by atoms with Crippen LogP contribution in [-0.2, 0) is 25.0 Å². The van der Waals surface area contributed by atoms with Gasteiger partial charge in [0.15, 0.2) is 0 Å². The predicted molar refractivity (Wildman–Crippen MR) is 97.7 cm³/mol. The molecule has 136 valence electrons. The van der Waals surface area contributed by atoms with Crippen LogP contribution in [0.4, 0.5) is 0 Å². The van der Waals surface area contributed by atoms with Crippen molar-refractivity contribution in [3.63, 3.8) is 0 Å². The zero-order chi connectivity index (χ0) is 19.0. The molecule has 2 N–H and O–H groups in total. The zero-order valence-corrected chi connectivity index (χ0v) is 15.1. The van der Waals surface area contributed by atoms with E-state index in [0.717, 1.165) is 0 Å². The summed E-state index contributed by atoms with van der Waals surface area (Å²) >= 11 is 0. The molecular weight excluding hydrogens is 376 g/mol. The lowest BCUT2D eigenvalue weighted by Gasteiger charge is -2.29. The Morgan fingerprint density at radius 1 is 0.846 bits per heavy atom. The molecular formula is C18H16O6S2. The third-order valence-corrected chi connectivity index (χ3v) is 6.69. The highest BCUT2D eigenvalue weighted by Crippen LogP contribution is 2.40. The van der Waals surface area contributed by atoms with Gasteiger partial charge in [0, 0.05) is 0 Å². The molecule has 2 aromatic rings. The Labute approximate surface area is 152 Å². The smallest absolute Gasteiger partial charge is 0.285 e. The summed E-state index contributed by atoms with van der Waals surface area (Å²) < 4.78 is 63.7. The van der Waals surface area contributed by atoms with Crippen LogP contribution < -0.4 is 0 Å². The molecule has 1 atom stereocenters. The molecule has 26 heavy (non-hydrogen) atoms. The van der Waals surface area contributed by atoms with Crippen molar-refractivity contribution in [2.45, 2.75) is 16.1 Å². The maximum absolute atomic E-state index is 12.1. The molecule has 1 aliphatic carbocycles. The number of rotatable bonds is 4. The SMILES string of the molecule is O=S(=O)(O)c1ccc(C2=CCC(c3ccccc3)(S(=O)(=O)O)C=C2)cc1. The van der Waals surface area contributed by atoms with Crippen LogP contribution in [0.5, 0.6) is 0 Å². The predicted octanol–water partition coefficient (Wildman–Crippen LogP) is 3.06. The summed E-state index contributed by atoms with van der Waals surface area (Å²) in [6, 6.07) is 14.0. The first kappa shape index (κ1) is 18.5. The van der Waals surface area contributed by atoms with E-state index in [1.54, 1.807) is 42.5 Å². The molecule has 8 heteroatoms. The molecule has 0 amide bonds. The third-order valence-electron chi connectivity index (χ3n) is 4.37. The summed E-state index contributed by atoms with van der Waals surface area (Å²) in [6.45, 7) is 0. The number of benzene rings is 2. The second-order valence-corrected chi connectivity index (χ2v) is 9.03. The highest BCUT2D eigenvalue weighted by molar-refractivity contribution is 7.87. The second kappa shape index (κ2) is 6.48. The van der Waals surface area contributed by atoms with Gasteiger partial charge in [-0.3, -0.25) is 9.11 Å². The Hall–Kier alpha value is -2.26. The maximum atomic E-state index is 12.1. The van der Waals surface area contributed by atoms with Crippen LogP contribution in [0.2, 0.25) is 0 Å². The lowest BCUT2D eigenvalue weighted by atomic mass is 9.87. The van der Waals surface area contributed by atoms with Crippen LogP contribution >= 0.6 is 0 Å². The average molecular weight is 392 g/mol. The van der Waals surface area contributed by atoms with E-state index in [1.165, 1.54) is 30.3 Å². The molecule has 0 aliphatic heterocycles. The summed E-state index contributed by atoms with van der Waals surface area (Å²) in [7, 11) is -8.69. The molecule has 3 rings (SSSR count).